The molecule has 0 unspecified atom stereocenters. The third-order valence-electron chi connectivity index (χ3n) is 3.35. The van der Waals surface area contributed by atoms with Gasteiger partial charge in [0.25, 0.3) is 0 Å². The summed E-state index contributed by atoms with van der Waals surface area (Å²) in [5.74, 6) is 0. The first-order valence-electron chi connectivity index (χ1n) is 10.0. The van der Waals surface area contributed by atoms with Gasteiger partial charge < -0.3 is 26.2 Å². The summed E-state index contributed by atoms with van der Waals surface area (Å²) in [7, 11) is -4.67. The standard InChI is InChI=1S/C12H26O.C6H14O4.Na.H2O4S.H/c1-2-3-4-5-6-7-8-9-10-11-12-13;7-1-3-9-5-6-10-4-2-8;;1-5(2,3)4;/h13H,2-12H2,1H3;7-8H,1-6H2;;(H2,1,2,3,4);/q;;+1;;-1. The summed E-state index contributed by atoms with van der Waals surface area (Å²) in [4.78, 5) is 0. The molecular weight excluding hydrogens is 415 g/mol. The van der Waals surface area contributed by atoms with Gasteiger partial charge in [-0.3, -0.25) is 9.11 Å². The van der Waals surface area contributed by atoms with Crippen molar-refractivity contribution in [1.29, 1.82) is 0 Å². The molecule has 0 amide bonds. The van der Waals surface area contributed by atoms with Crippen molar-refractivity contribution < 1.29 is 73.3 Å². The minimum absolute atomic E-state index is 0. The Bertz CT molecular complexity index is 338. The van der Waals surface area contributed by atoms with Gasteiger partial charge >= 0.3 is 40.0 Å². The molecule has 11 heteroatoms. The molecule has 0 heterocycles. The molecule has 0 aromatic carbocycles. The molecule has 0 aliphatic rings. The maximum atomic E-state index is 8.74. The van der Waals surface area contributed by atoms with Gasteiger partial charge in [-0.2, -0.15) is 8.42 Å². The summed E-state index contributed by atoms with van der Waals surface area (Å²) < 4.78 is 41.3. The van der Waals surface area contributed by atoms with Crippen LogP contribution in [0.15, 0.2) is 0 Å². The first kappa shape index (κ1) is 37.0. The van der Waals surface area contributed by atoms with Gasteiger partial charge in [-0.15, -0.1) is 0 Å². The number of hydrogen-bond donors (Lipinski definition) is 5. The van der Waals surface area contributed by atoms with Crippen molar-refractivity contribution in [2.75, 3.05) is 46.2 Å². The third-order valence-corrected chi connectivity index (χ3v) is 3.35. The van der Waals surface area contributed by atoms with Crippen LogP contribution in [0.4, 0.5) is 0 Å². The van der Waals surface area contributed by atoms with Crippen LogP contribution in [-0.4, -0.2) is 79.1 Å². The van der Waals surface area contributed by atoms with Crippen LogP contribution in [0.25, 0.3) is 0 Å². The van der Waals surface area contributed by atoms with Gasteiger partial charge in [0.15, 0.2) is 0 Å². The second kappa shape index (κ2) is 33.3. The summed E-state index contributed by atoms with van der Waals surface area (Å²) in [6, 6.07) is 0. The summed E-state index contributed by atoms with van der Waals surface area (Å²) in [5, 5.41) is 25.1. The Balaban J connectivity index is -0.000000110. The van der Waals surface area contributed by atoms with Crippen LogP contribution >= 0.6 is 0 Å². The van der Waals surface area contributed by atoms with E-state index < -0.39 is 10.4 Å². The summed E-state index contributed by atoms with van der Waals surface area (Å²) in [6.07, 6.45) is 13.3. The smallest absolute Gasteiger partial charge is 1.00 e. The first-order chi connectivity index (χ1) is 13.3. The summed E-state index contributed by atoms with van der Waals surface area (Å²) in [6.45, 7) is 4.36. The van der Waals surface area contributed by atoms with E-state index in [1.807, 2.05) is 0 Å². The van der Waals surface area contributed by atoms with E-state index in [4.69, 9.17) is 42.3 Å². The Morgan fingerprint density at radius 2 is 0.931 bits per heavy atom. The van der Waals surface area contributed by atoms with Gasteiger partial charge in [-0.05, 0) is 6.42 Å². The van der Waals surface area contributed by atoms with Crippen molar-refractivity contribution in [3.05, 3.63) is 0 Å². The molecule has 0 bridgehead atoms. The van der Waals surface area contributed by atoms with Gasteiger partial charge in [0.05, 0.1) is 39.6 Å². The van der Waals surface area contributed by atoms with Crippen LogP contribution in [0.5, 0.6) is 0 Å². The van der Waals surface area contributed by atoms with Crippen molar-refractivity contribution in [1.82, 2.24) is 0 Å². The maximum absolute atomic E-state index is 8.74. The predicted molar refractivity (Wildman–Crippen MR) is 110 cm³/mol. The van der Waals surface area contributed by atoms with Gasteiger partial charge in [0, 0.05) is 6.61 Å². The van der Waals surface area contributed by atoms with E-state index in [1.54, 1.807) is 0 Å². The van der Waals surface area contributed by atoms with E-state index in [2.05, 4.69) is 6.92 Å². The van der Waals surface area contributed by atoms with Crippen molar-refractivity contribution in [2.24, 2.45) is 0 Å². The molecule has 176 valence electrons. The topological polar surface area (TPSA) is 154 Å². The zero-order valence-electron chi connectivity index (χ0n) is 19.3. The van der Waals surface area contributed by atoms with Crippen LogP contribution in [0.1, 0.15) is 72.6 Å². The molecular formula is C18H43NaO9S. The van der Waals surface area contributed by atoms with Crippen LogP contribution in [0.3, 0.4) is 0 Å². The molecule has 29 heavy (non-hydrogen) atoms. The Morgan fingerprint density at radius 3 is 1.21 bits per heavy atom. The number of ether oxygens (including phenoxy) is 2. The molecule has 0 radical (unpaired) electrons. The van der Waals surface area contributed by atoms with Crippen molar-refractivity contribution >= 4 is 10.4 Å². The second-order valence-electron chi connectivity index (χ2n) is 6.03. The first-order valence-corrected chi connectivity index (χ1v) is 11.4. The largest absolute Gasteiger partial charge is 1.00 e. The molecule has 0 aliphatic carbocycles. The van der Waals surface area contributed by atoms with Crippen molar-refractivity contribution in [3.63, 3.8) is 0 Å². The second-order valence-corrected chi connectivity index (χ2v) is 6.92. The zero-order valence-corrected chi connectivity index (χ0v) is 21.1. The number of unbranched alkanes of at least 4 members (excludes halogenated alkanes) is 9. The molecule has 0 atom stereocenters. The van der Waals surface area contributed by atoms with Gasteiger partial charge in [-0.25, -0.2) is 0 Å². The monoisotopic (exact) mass is 458 g/mol. The fraction of sp³-hybridized carbons (Fsp3) is 1.00. The average Bonchev–Trinajstić information content (AvgIpc) is 2.62. The van der Waals surface area contributed by atoms with Crippen LogP contribution in [-0.2, 0) is 19.9 Å². The fourth-order valence-electron chi connectivity index (χ4n) is 2.05. The summed E-state index contributed by atoms with van der Waals surface area (Å²) in [5.41, 5.74) is 0. The molecule has 0 aromatic heterocycles. The maximum Gasteiger partial charge on any atom is 1.00 e. The van der Waals surface area contributed by atoms with Gasteiger partial charge in [0.2, 0.25) is 0 Å². The minimum Gasteiger partial charge on any atom is -1.00 e. The molecule has 0 spiro atoms. The van der Waals surface area contributed by atoms with Gasteiger partial charge in [0.1, 0.15) is 0 Å². The van der Waals surface area contributed by atoms with Crippen molar-refractivity contribution in [2.45, 2.75) is 71.1 Å². The zero-order chi connectivity index (χ0) is 21.9. The van der Waals surface area contributed by atoms with Crippen LogP contribution < -0.4 is 29.6 Å². The van der Waals surface area contributed by atoms with E-state index in [0.717, 1.165) is 6.42 Å². The SMILES string of the molecule is CCCCCCCCCCCCO.O=S(=O)(O)O.OCCOCCOCCO.[H-].[Na+]. The van der Waals surface area contributed by atoms with E-state index in [0.29, 0.717) is 33.0 Å². The molecule has 0 rings (SSSR count). The Hall–Kier alpha value is 0.670. The Labute approximate surface area is 200 Å². The van der Waals surface area contributed by atoms with E-state index >= 15 is 0 Å². The Kier molecular flexibility index (Phi) is 42.5. The van der Waals surface area contributed by atoms with Crippen molar-refractivity contribution in [3.8, 4) is 0 Å². The molecule has 5 N–H and O–H groups in total. The normalized spacial score (nSPS) is 10.3. The molecule has 0 aliphatic heterocycles. The predicted octanol–water partition coefficient (Wildman–Crippen LogP) is -0.632. The number of rotatable bonds is 17. The fourth-order valence-corrected chi connectivity index (χ4v) is 2.05. The third kappa shape index (κ3) is 65.3. The molecule has 0 fully saturated rings. The average molecular weight is 459 g/mol. The van der Waals surface area contributed by atoms with E-state index in [9.17, 15) is 0 Å². The van der Waals surface area contributed by atoms with Gasteiger partial charge in [-0.1, -0.05) is 64.7 Å². The minimum atomic E-state index is -4.67. The molecule has 9 nitrogen and oxygen atoms in total. The van der Waals surface area contributed by atoms with Crippen LogP contribution in [0, 0.1) is 0 Å². The molecule has 0 saturated heterocycles. The number of aliphatic hydroxyl groups excluding tert-OH is 3. The number of hydrogen-bond acceptors (Lipinski definition) is 7. The summed E-state index contributed by atoms with van der Waals surface area (Å²) >= 11 is 0. The van der Waals surface area contributed by atoms with E-state index in [-0.39, 0.29) is 44.2 Å². The van der Waals surface area contributed by atoms with Crippen LogP contribution in [0.2, 0.25) is 0 Å². The molecule has 0 aromatic rings. The number of aliphatic hydroxyl groups is 3. The quantitative estimate of drug-likeness (QED) is 0.109. The Morgan fingerprint density at radius 1 is 0.621 bits per heavy atom. The van der Waals surface area contributed by atoms with E-state index in [1.165, 1.54) is 57.8 Å². The molecule has 0 saturated carbocycles.